The normalized spacial score (nSPS) is 9.64. The molecule has 0 amide bonds. The van der Waals surface area contributed by atoms with Crippen LogP contribution in [-0.4, -0.2) is 11.6 Å². The summed E-state index contributed by atoms with van der Waals surface area (Å²) >= 11 is 0. The summed E-state index contributed by atoms with van der Waals surface area (Å²) in [5.41, 5.74) is 0.825. The molecule has 0 atom stereocenters. The summed E-state index contributed by atoms with van der Waals surface area (Å²) in [5.74, 6) is 0.663. The summed E-state index contributed by atoms with van der Waals surface area (Å²) in [7, 11) is 0. The lowest BCUT2D eigenvalue weighted by Gasteiger charge is -2.03. The van der Waals surface area contributed by atoms with Gasteiger partial charge in [0.05, 0.1) is 6.61 Å². The predicted octanol–water partition coefficient (Wildman–Crippen LogP) is 1.08. The first-order chi connectivity index (χ1) is 5.24. The highest BCUT2D eigenvalue weighted by Gasteiger charge is 1.97. The maximum Gasteiger partial charge on any atom is 0.251 e. The van der Waals surface area contributed by atoms with E-state index in [4.69, 9.17) is 4.74 Å². The first kappa shape index (κ1) is 7.85. The molecule has 0 saturated carbocycles. The van der Waals surface area contributed by atoms with Crippen LogP contribution in [0.2, 0.25) is 0 Å². The van der Waals surface area contributed by atoms with Crippen molar-refractivity contribution >= 4 is 0 Å². The van der Waals surface area contributed by atoms with Gasteiger partial charge in [-0.2, -0.15) is 0 Å². The second-order valence-corrected chi connectivity index (χ2v) is 2.28. The van der Waals surface area contributed by atoms with Crippen molar-refractivity contribution in [3.8, 4) is 5.75 Å². The van der Waals surface area contributed by atoms with E-state index >= 15 is 0 Å². The number of aromatic amines is 1. The van der Waals surface area contributed by atoms with Crippen LogP contribution >= 0.6 is 0 Å². The minimum absolute atomic E-state index is 0.126. The Morgan fingerprint density at radius 2 is 2.36 bits per heavy atom. The molecule has 3 heteroatoms. The van der Waals surface area contributed by atoms with E-state index in [0.717, 1.165) is 5.56 Å². The summed E-state index contributed by atoms with van der Waals surface area (Å²) in [6.45, 7) is 4.37. The zero-order chi connectivity index (χ0) is 8.27. The molecule has 11 heavy (non-hydrogen) atoms. The van der Waals surface area contributed by atoms with Crippen LogP contribution in [0.1, 0.15) is 12.5 Å². The Morgan fingerprint density at radius 3 is 3.00 bits per heavy atom. The standard InChI is InChI=1S/C8H11NO2/c1-3-11-7-4-8(10)9-5-6(7)2/h4-5H,3H2,1-2H3,(H,9,10). The molecule has 0 unspecified atom stereocenters. The Hall–Kier alpha value is -1.25. The largest absolute Gasteiger partial charge is 0.493 e. The highest BCUT2D eigenvalue weighted by molar-refractivity contribution is 5.28. The highest BCUT2D eigenvalue weighted by atomic mass is 16.5. The molecule has 0 aliphatic carbocycles. The molecular formula is C8H11NO2. The topological polar surface area (TPSA) is 42.1 Å². The maximum atomic E-state index is 10.8. The number of nitrogens with one attached hydrogen (secondary N) is 1. The lowest BCUT2D eigenvalue weighted by molar-refractivity contribution is 0.337. The van der Waals surface area contributed by atoms with E-state index in [0.29, 0.717) is 12.4 Å². The summed E-state index contributed by atoms with van der Waals surface area (Å²) in [4.78, 5) is 13.3. The monoisotopic (exact) mass is 153 g/mol. The Balaban J connectivity index is 3.02. The molecule has 1 aromatic heterocycles. The Bertz CT molecular complexity index is 290. The summed E-state index contributed by atoms with van der Waals surface area (Å²) < 4.78 is 5.20. The number of rotatable bonds is 2. The van der Waals surface area contributed by atoms with Crippen molar-refractivity contribution in [2.45, 2.75) is 13.8 Å². The molecule has 0 aliphatic heterocycles. The third-order valence-corrected chi connectivity index (χ3v) is 1.38. The molecule has 0 spiro atoms. The number of ether oxygens (including phenoxy) is 1. The second kappa shape index (κ2) is 3.23. The van der Waals surface area contributed by atoms with Crippen molar-refractivity contribution in [1.29, 1.82) is 0 Å². The molecule has 0 radical (unpaired) electrons. The quantitative estimate of drug-likeness (QED) is 0.690. The zero-order valence-electron chi connectivity index (χ0n) is 6.68. The van der Waals surface area contributed by atoms with Gasteiger partial charge < -0.3 is 9.72 Å². The lowest BCUT2D eigenvalue weighted by Crippen LogP contribution is -2.06. The fourth-order valence-corrected chi connectivity index (χ4v) is 0.836. The van der Waals surface area contributed by atoms with Crippen LogP contribution in [0.4, 0.5) is 0 Å². The van der Waals surface area contributed by atoms with Crippen LogP contribution in [-0.2, 0) is 0 Å². The average Bonchev–Trinajstić information content (AvgIpc) is 1.98. The maximum absolute atomic E-state index is 10.8. The fourth-order valence-electron chi connectivity index (χ4n) is 0.836. The van der Waals surface area contributed by atoms with Gasteiger partial charge in [-0.3, -0.25) is 4.79 Å². The van der Waals surface area contributed by atoms with Gasteiger partial charge in [-0.15, -0.1) is 0 Å². The summed E-state index contributed by atoms with van der Waals surface area (Å²) in [5, 5.41) is 0. The number of hydrogen-bond donors (Lipinski definition) is 1. The summed E-state index contributed by atoms with van der Waals surface area (Å²) in [6.07, 6.45) is 1.65. The van der Waals surface area contributed by atoms with E-state index in [1.807, 2.05) is 13.8 Å². The van der Waals surface area contributed by atoms with Crippen LogP contribution < -0.4 is 10.3 Å². The van der Waals surface area contributed by atoms with Gasteiger partial charge in [-0.25, -0.2) is 0 Å². The number of hydrogen-bond acceptors (Lipinski definition) is 2. The second-order valence-electron chi connectivity index (χ2n) is 2.28. The van der Waals surface area contributed by atoms with Gasteiger partial charge in [0.1, 0.15) is 5.75 Å². The van der Waals surface area contributed by atoms with Gasteiger partial charge in [0.15, 0.2) is 0 Å². The third-order valence-electron chi connectivity index (χ3n) is 1.38. The van der Waals surface area contributed by atoms with E-state index < -0.39 is 0 Å². The average molecular weight is 153 g/mol. The van der Waals surface area contributed by atoms with E-state index in [2.05, 4.69) is 4.98 Å². The molecule has 1 N–H and O–H groups in total. The van der Waals surface area contributed by atoms with E-state index in [1.165, 1.54) is 6.07 Å². The van der Waals surface area contributed by atoms with Gasteiger partial charge in [0.25, 0.3) is 5.56 Å². The first-order valence-corrected chi connectivity index (χ1v) is 3.56. The van der Waals surface area contributed by atoms with Crippen molar-refractivity contribution in [1.82, 2.24) is 4.98 Å². The van der Waals surface area contributed by atoms with E-state index in [9.17, 15) is 4.79 Å². The predicted molar refractivity (Wildman–Crippen MR) is 43.0 cm³/mol. The van der Waals surface area contributed by atoms with Gasteiger partial charge >= 0.3 is 0 Å². The Labute approximate surface area is 65.0 Å². The van der Waals surface area contributed by atoms with E-state index in [-0.39, 0.29) is 5.56 Å². The van der Waals surface area contributed by atoms with Gasteiger partial charge in [-0.1, -0.05) is 0 Å². The fraction of sp³-hybridized carbons (Fsp3) is 0.375. The number of H-pyrrole nitrogens is 1. The number of pyridine rings is 1. The molecule has 0 aliphatic rings. The number of aryl methyl sites for hydroxylation is 1. The van der Waals surface area contributed by atoms with Gasteiger partial charge in [-0.05, 0) is 13.8 Å². The lowest BCUT2D eigenvalue weighted by atomic mass is 10.3. The minimum Gasteiger partial charge on any atom is -0.493 e. The van der Waals surface area contributed by atoms with Crippen molar-refractivity contribution in [2.75, 3.05) is 6.61 Å². The van der Waals surface area contributed by atoms with Crippen LogP contribution in [0.25, 0.3) is 0 Å². The van der Waals surface area contributed by atoms with Crippen LogP contribution in [0.3, 0.4) is 0 Å². The number of aromatic nitrogens is 1. The SMILES string of the molecule is CCOc1cc(=O)[nH]cc1C. The molecule has 0 saturated heterocycles. The van der Waals surface area contributed by atoms with Crippen LogP contribution in [0.15, 0.2) is 17.1 Å². The van der Waals surface area contributed by atoms with Crippen molar-refractivity contribution < 1.29 is 4.74 Å². The smallest absolute Gasteiger partial charge is 0.251 e. The Kier molecular flexibility index (Phi) is 2.31. The van der Waals surface area contributed by atoms with Crippen molar-refractivity contribution in [3.63, 3.8) is 0 Å². The van der Waals surface area contributed by atoms with E-state index in [1.54, 1.807) is 6.20 Å². The molecule has 1 rings (SSSR count). The first-order valence-electron chi connectivity index (χ1n) is 3.56. The zero-order valence-corrected chi connectivity index (χ0v) is 6.68. The molecule has 60 valence electrons. The molecule has 0 bridgehead atoms. The van der Waals surface area contributed by atoms with Crippen molar-refractivity contribution in [3.05, 3.63) is 28.2 Å². The van der Waals surface area contributed by atoms with Crippen LogP contribution in [0.5, 0.6) is 5.75 Å². The Morgan fingerprint density at radius 1 is 1.64 bits per heavy atom. The molecule has 1 heterocycles. The molecule has 1 aromatic rings. The van der Waals surface area contributed by atoms with Crippen LogP contribution in [0, 0.1) is 6.92 Å². The molecule has 3 nitrogen and oxygen atoms in total. The third kappa shape index (κ3) is 1.83. The highest BCUT2D eigenvalue weighted by Crippen LogP contribution is 2.11. The summed E-state index contributed by atoms with van der Waals surface area (Å²) in [6, 6.07) is 1.46. The minimum atomic E-state index is -0.126. The van der Waals surface area contributed by atoms with Gasteiger partial charge in [0.2, 0.25) is 0 Å². The molecule has 0 aromatic carbocycles. The van der Waals surface area contributed by atoms with Gasteiger partial charge in [0, 0.05) is 17.8 Å². The van der Waals surface area contributed by atoms with Crippen molar-refractivity contribution in [2.24, 2.45) is 0 Å². The molecule has 0 fully saturated rings. The molecular weight excluding hydrogens is 142 g/mol.